The average molecular weight is 375 g/mol. The number of benzene rings is 2. The zero-order valence-corrected chi connectivity index (χ0v) is 15.0. The molecular formula is C18H17NO6S. The maximum atomic E-state index is 12.5. The van der Waals surface area contributed by atoms with Crippen LogP contribution in [0.4, 0.5) is 5.69 Å². The van der Waals surface area contributed by atoms with E-state index in [9.17, 15) is 13.2 Å². The van der Waals surface area contributed by atoms with Crippen LogP contribution in [0.3, 0.4) is 0 Å². The van der Waals surface area contributed by atoms with Crippen molar-refractivity contribution in [3.8, 4) is 5.75 Å². The van der Waals surface area contributed by atoms with Crippen LogP contribution in [0, 0.1) is 0 Å². The molecule has 0 bridgehead atoms. The summed E-state index contributed by atoms with van der Waals surface area (Å²) < 4.78 is 42.8. The van der Waals surface area contributed by atoms with Crippen molar-refractivity contribution in [2.45, 2.75) is 11.5 Å². The van der Waals surface area contributed by atoms with Crippen molar-refractivity contribution in [2.24, 2.45) is 0 Å². The molecule has 3 aromatic rings. The predicted molar refractivity (Wildman–Crippen MR) is 97.0 cm³/mol. The highest BCUT2D eigenvalue weighted by molar-refractivity contribution is 7.92. The first kappa shape index (κ1) is 18.0. The van der Waals surface area contributed by atoms with Gasteiger partial charge in [0, 0.05) is 24.6 Å². The Morgan fingerprint density at radius 3 is 2.42 bits per heavy atom. The van der Waals surface area contributed by atoms with Crippen LogP contribution < -0.4 is 15.1 Å². The van der Waals surface area contributed by atoms with Gasteiger partial charge < -0.3 is 13.9 Å². The van der Waals surface area contributed by atoms with Gasteiger partial charge in [0.25, 0.3) is 10.0 Å². The van der Waals surface area contributed by atoms with Gasteiger partial charge in [-0.3, -0.25) is 4.72 Å². The lowest BCUT2D eigenvalue weighted by Gasteiger charge is -2.10. The zero-order valence-electron chi connectivity index (χ0n) is 14.2. The van der Waals surface area contributed by atoms with Crippen LogP contribution in [-0.4, -0.2) is 22.6 Å². The second-order valence-electron chi connectivity index (χ2n) is 5.52. The Bertz CT molecular complexity index is 1090. The summed E-state index contributed by atoms with van der Waals surface area (Å²) >= 11 is 0. The van der Waals surface area contributed by atoms with E-state index in [2.05, 4.69) is 4.72 Å². The maximum absolute atomic E-state index is 12.5. The summed E-state index contributed by atoms with van der Waals surface area (Å²) in [6.07, 6.45) is 0. The van der Waals surface area contributed by atoms with Gasteiger partial charge in [-0.2, -0.15) is 0 Å². The number of sulfonamides is 1. The van der Waals surface area contributed by atoms with Gasteiger partial charge in [-0.25, -0.2) is 13.2 Å². The largest absolute Gasteiger partial charge is 0.497 e. The quantitative estimate of drug-likeness (QED) is 0.666. The highest BCUT2D eigenvalue weighted by atomic mass is 32.2. The van der Waals surface area contributed by atoms with Gasteiger partial charge in [-0.15, -0.1) is 0 Å². The molecule has 0 aliphatic carbocycles. The molecule has 1 heterocycles. The van der Waals surface area contributed by atoms with Crippen molar-refractivity contribution in [1.82, 2.24) is 0 Å². The Balaban J connectivity index is 1.96. The first-order valence-corrected chi connectivity index (χ1v) is 9.14. The predicted octanol–water partition coefficient (Wildman–Crippen LogP) is 2.75. The van der Waals surface area contributed by atoms with Crippen LogP contribution in [0.5, 0.6) is 5.75 Å². The Morgan fingerprint density at radius 1 is 1.04 bits per heavy atom. The van der Waals surface area contributed by atoms with Crippen molar-refractivity contribution in [1.29, 1.82) is 0 Å². The van der Waals surface area contributed by atoms with Crippen molar-refractivity contribution in [2.75, 3.05) is 18.9 Å². The maximum Gasteiger partial charge on any atom is 0.336 e. The van der Waals surface area contributed by atoms with Crippen LogP contribution in [0.15, 0.2) is 62.6 Å². The fourth-order valence-electron chi connectivity index (χ4n) is 2.54. The monoisotopic (exact) mass is 375 g/mol. The molecule has 0 aliphatic heterocycles. The zero-order chi connectivity index (χ0) is 18.7. The second kappa shape index (κ2) is 7.19. The van der Waals surface area contributed by atoms with Crippen LogP contribution >= 0.6 is 0 Å². The molecule has 0 amide bonds. The Hall–Kier alpha value is -2.84. The summed E-state index contributed by atoms with van der Waals surface area (Å²) in [5.74, 6) is 0.558. The third-order valence-corrected chi connectivity index (χ3v) is 5.15. The summed E-state index contributed by atoms with van der Waals surface area (Å²) in [5, 5.41) is 0.679. The lowest BCUT2D eigenvalue weighted by atomic mass is 10.1. The lowest BCUT2D eigenvalue weighted by Crippen LogP contribution is -2.13. The summed E-state index contributed by atoms with van der Waals surface area (Å²) in [5.41, 5.74) is 0.702. The fourth-order valence-corrected chi connectivity index (χ4v) is 3.59. The molecule has 8 heteroatoms. The molecule has 1 N–H and O–H groups in total. The van der Waals surface area contributed by atoms with Crippen LogP contribution in [0.2, 0.25) is 0 Å². The highest BCUT2D eigenvalue weighted by Crippen LogP contribution is 2.24. The fraction of sp³-hybridized carbons (Fsp3) is 0.167. The molecule has 2 aromatic carbocycles. The molecule has 0 spiro atoms. The number of fused-ring (bicyclic) bond motifs is 1. The van der Waals surface area contributed by atoms with Gasteiger partial charge in [0.15, 0.2) is 0 Å². The molecule has 26 heavy (non-hydrogen) atoms. The van der Waals surface area contributed by atoms with Gasteiger partial charge in [-0.05, 0) is 42.0 Å². The Morgan fingerprint density at radius 2 is 1.77 bits per heavy atom. The van der Waals surface area contributed by atoms with E-state index < -0.39 is 15.6 Å². The van der Waals surface area contributed by atoms with Gasteiger partial charge >= 0.3 is 5.63 Å². The standard InChI is InChI=1S/C18H17NO6S/c1-23-11-12-9-18(20)25-17-10-13(3-8-16(12)17)19-26(21,22)15-6-4-14(24-2)5-7-15/h3-10,19H,11H2,1-2H3. The summed E-state index contributed by atoms with van der Waals surface area (Å²) in [6, 6.07) is 12.1. The number of methoxy groups -OCH3 is 2. The number of hydrogen-bond acceptors (Lipinski definition) is 6. The minimum atomic E-state index is -3.79. The second-order valence-corrected chi connectivity index (χ2v) is 7.20. The highest BCUT2D eigenvalue weighted by Gasteiger charge is 2.15. The molecule has 3 rings (SSSR count). The van der Waals surface area contributed by atoms with Gasteiger partial charge in [0.05, 0.1) is 24.3 Å². The van der Waals surface area contributed by atoms with Crippen molar-refractivity contribution in [3.63, 3.8) is 0 Å². The third kappa shape index (κ3) is 3.71. The van der Waals surface area contributed by atoms with E-state index in [0.29, 0.717) is 16.7 Å². The normalized spacial score (nSPS) is 11.5. The number of rotatable bonds is 6. The molecular weight excluding hydrogens is 358 g/mol. The number of ether oxygens (including phenoxy) is 2. The van der Waals surface area contributed by atoms with E-state index in [4.69, 9.17) is 13.9 Å². The molecule has 0 atom stereocenters. The lowest BCUT2D eigenvalue weighted by molar-refractivity contribution is 0.185. The van der Waals surface area contributed by atoms with E-state index in [-0.39, 0.29) is 22.8 Å². The van der Waals surface area contributed by atoms with E-state index in [1.54, 1.807) is 24.3 Å². The van der Waals surface area contributed by atoms with E-state index in [1.807, 2.05) is 0 Å². The van der Waals surface area contributed by atoms with E-state index >= 15 is 0 Å². The minimum Gasteiger partial charge on any atom is -0.497 e. The Kier molecular flexibility index (Phi) is 4.97. The smallest absolute Gasteiger partial charge is 0.336 e. The van der Waals surface area contributed by atoms with Crippen molar-refractivity contribution < 1.29 is 22.3 Å². The van der Waals surface area contributed by atoms with Gasteiger partial charge in [0.1, 0.15) is 11.3 Å². The molecule has 0 unspecified atom stereocenters. The number of anilines is 1. The minimum absolute atomic E-state index is 0.0907. The first-order chi connectivity index (χ1) is 12.4. The molecule has 1 aromatic heterocycles. The average Bonchev–Trinajstić information content (AvgIpc) is 2.61. The summed E-state index contributed by atoms with van der Waals surface area (Å²) in [6.45, 7) is 0.249. The SMILES string of the molecule is COCc1cc(=O)oc2cc(NS(=O)(=O)c3ccc(OC)cc3)ccc12. The van der Waals surface area contributed by atoms with Crippen molar-refractivity contribution >= 4 is 26.7 Å². The molecule has 0 fully saturated rings. The van der Waals surface area contributed by atoms with Gasteiger partial charge in [0.2, 0.25) is 0 Å². The topological polar surface area (TPSA) is 94.8 Å². The number of nitrogens with one attached hydrogen (secondary N) is 1. The van der Waals surface area contributed by atoms with Crippen molar-refractivity contribution in [3.05, 3.63) is 64.5 Å². The molecule has 0 aliphatic rings. The molecule has 7 nitrogen and oxygen atoms in total. The van der Waals surface area contributed by atoms with Crippen LogP contribution in [0.1, 0.15) is 5.56 Å². The molecule has 136 valence electrons. The molecule has 0 radical (unpaired) electrons. The third-order valence-electron chi connectivity index (χ3n) is 3.75. The first-order valence-electron chi connectivity index (χ1n) is 7.65. The van der Waals surface area contributed by atoms with Gasteiger partial charge in [-0.1, -0.05) is 0 Å². The molecule has 0 saturated carbocycles. The van der Waals surface area contributed by atoms with E-state index in [0.717, 1.165) is 0 Å². The summed E-state index contributed by atoms with van der Waals surface area (Å²) in [7, 11) is -0.759. The van der Waals surface area contributed by atoms with Crippen LogP contribution in [-0.2, 0) is 21.4 Å². The number of hydrogen-bond donors (Lipinski definition) is 1. The molecule has 0 saturated heterocycles. The Labute approximate surface area is 150 Å². The van der Waals surface area contributed by atoms with E-state index in [1.165, 1.54) is 38.5 Å². The van der Waals surface area contributed by atoms with Crippen LogP contribution in [0.25, 0.3) is 11.0 Å². The summed E-state index contributed by atoms with van der Waals surface area (Å²) in [4.78, 5) is 11.8.